The number of aromatic nitrogens is 2. The van der Waals surface area contributed by atoms with Crippen LogP contribution in [0.2, 0.25) is 0 Å². The Kier molecular flexibility index (Phi) is 6.88. The van der Waals surface area contributed by atoms with Gasteiger partial charge in [-0.15, -0.1) is 12.4 Å². The Balaban J connectivity index is 0.00000242. The number of hydrogen-bond donors (Lipinski definition) is 2. The van der Waals surface area contributed by atoms with Crippen LogP contribution in [-0.4, -0.2) is 22.2 Å². The van der Waals surface area contributed by atoms with Gasteiger partial charge in [0.25, 0.3) is 0 Å². The van der Waals surface area contributed by atoms with Crippen molar-refractivity contribution in [2.24, 2.45) is 18.2 Å². The van der Waals surface area contributed by atoms with E-state index in [9.17, 15) is 4.79 Å². The van der Waals surface area contributed by atoms with Crippen molar-refractivity contribution in [3.8, 4) is 0 Å². The van der Waals surface area contributed by atoms with Crippen LogP contribution in [0.1, 0.15) is 64.0 Å². The van der Waals surface area contributed by atoms with Crippen molar-refractivity contribution in [2.75, 3.05) is 11.9 Å². The molecule has 2 rings (SSSR count). The van der Waals surface area contributed by atoms with E-state index in [-0.39, 0.29) is 23.7 Å². The van der Waals surface area contributed by atoms with Crippen LogP contribution in [-0.2, 0) is 11.8 Å². The van der Waals surface area contributed by atoms with Crippen molar-refractivity contribution >= 4 is 24.0 Å². The Morgan fingerprint density at radius 3 is 2.59 bits per heavy atom. The highest BCUT2D eigenvalue weighted by molar-refractivity contribution is 5.91. The van der Waals surface area contributed by atoms with Crippen molar-refractivity contribution in [1.29, 1.82) is 0 Å². The normalized spacial score (nSPS) is 17.1. The number of aryl methyl sites for hydroxylation is 1. The first-order chi connectivity index (χ1) is 9.96. The molecule has 0 spiro atoms. The van der Waals surface area contributed by atoms with E-state index in [1.165, 1.54) is 19.3 Å². The lowest BCUT2D eigenvalue weighted by Crippen LogP contribution is -2.36. The predicted octanol–water partition coefficient (Wildman–Crippen LogP) is 3.20. The molecule has 1 aromatic heterocycles. The van der Waals surface area contributed by atoms with Gasteiger partial charge in [-0.05, 0) is 30.7 Å². The minimum atomic E-state index is 0. The highest BCUT2D eigenvalue weighted by Crippen LogP contribution is 2.38. The monoisotopic (exact) mass is 328 g/mol. The fraction of sp³-hybridized carbons (Fsp3) is 0.750. The van der Waals surface area contributed by atoms with Gasteiger partial charge in [0.05, 0.1) is 11.4 Å². The summed E-state index contributed by atoms with van der Waals surface area (Å²) in [5.74, 6) is 0.358. The molecule has 22 heavy (non-hydrogen) atoms. The molecule has 1 saturated carbocycles. The Bertz CT molecular complexity index is 492. The minimum Gasteiger partial charge on any atom is -0.330 e. The third kappa shape index (κ3) is 4.46. The van der Waals surface area contributed by atoms with Crippen molar-refractivity contribution < 1.29 is 4.79 Å². The van der Waals surface area contributed by atoms with E-state index in [1.807, 2.05) is 13.2 Å². The SMILES string of the molecule is CC(C)c1nn(C)cc1NC(=O)CC1(CN)CCCCC1.Cl. The van der Waals surface area contributed by atoms with Crippen molar-refractivity contribution in [3.63, 3.8) is 0 Å². The van der Waals surface area contributed by atoms with Gasteiger partial charge in [-0.3, -0.25) is 9.48 Å². The standard InChI is InChI=1S/C16H28N4O.ClH/c1-12(2)15-13(10-20(3)19-15)18-14(21)9-16(11-17)7-5-4-6-8-16;/h10,12H,4-9,11,17H2,1-3H3,(H,18,21);1H. The van der Waals surface area contributed by atoms with E-state index < -0.39 is 0 Å². The van der Waals surface area contributed by atoms with Gasteiger partial charge in [-0.25, -0.2) is 0 Å². The third-order valence-electron chi connectivity index (χ3n) is 4.56. The van der Waals surface area contributed by atoms with Crippen molar-refractivity contribution in [2.45, 2.75) is 58.3 Å². The molecule has 0 atom stereocenters. The first kappa shape index (κ1) is 19.0. The fourth-order valence-corrected chi connectivity index (χ4v) is 3.32. The lowest BCUT2D eigenvalue weighted by molar-refractivity contribution is -0.118. The maximum absolute atomic E-state index is 12.4. The second kappa shape index (κ2) is 7.97. The van der Waals surface area contributed by atoms with Gasteiger partial charge in [0.2, 0.25) is 5.91 Å². The molecule has 3 N–H and O–H groups in total. The summed E-state index contributed by atoms with van der Waals surface area (Å²) in [5.41, 5.74) is 7.74. The van der Waals surface area contributed by atoms with Crippen LogP contribution in [0, 0.1) is 5.41 Å². The molecule has 0 bridgehead atoms. The van der Waals surface area contributed by atoms with E-state index in [2.05, 4.69) is 24.3 Å². The van der Waals surface area contributed by atoms with E-state index >= 15 is 0 Å². The molecule has 5 nitrogen and oxygen atoms in total. The Morgan fingerprint density at radius 1 is 1.41 bits per heavy atom. The average molecular weight is 329 g/mol. The second-order valence-electron chi connectivity index (χ2n) is 6.75. The molecule has 1 aliphatic carbocycles. The molecule has 0 aromatic carbocycles. The van der Waals surface area contributed by atoms with Crippen molar-refractivity contribution in [3.05, 3.63) is 11.9 Å². The van der Waals surface area contributed by atoms with E-state index in [4.69, 9.17) is 5.73 Å². The summed E-state index contributed by atoms with van der Waals surface area (Å²) in [4.78, 5) is 12.4. The van der Waals surface area contributed by atoms with E-state index in [0.717, 1.165) is 24.2 Å². The van der Waals surface area contributed by atoms with Gasteiger partial charge in [0.1, 0.15) is 0 Å². The Labute approximate surface area is 139 Å². The van der Waals surface area contributed by atoms with E-state index in [1.54, 1.807) is 4.68 Å². The number of nitrogens with one attached hydrogen (secondary N) is 1. The third-order valence-corrected chi connectivity index (χ3v) is 4.56. The molecule has 0 aliphatic heterocycles. The number of carbonyl (C=O) groups excluding carboxylic acids is 1. The first-order valence-corrected chi connectivity index (χ1v) is 7.99. The molecule has 0 unspecified atom stereocenters. The van der Waals surface area contributed by atoms with Crippen LogP contribution in [0.25, 0.3) is 0 Å². The van der Waals surface area contributed by atoms with Gasteiger partial charge < -0.3 is 11.1 Å². The molecular formula is C16H29ClN4O. The van der Waals surface area contributed by atoms with Crippen LogP contribution in [0.5, 0.6) is 0 Å². The summed E-state index contributed by atoms with van der Waals surface area (Å²) in [6.45, 7) is 4.77. The zero-order chi connectivity index (χ0) is 15.5. The molecule has 0 radical (unpaired) electrons. The summed E-state index contributed by atoms with van der Waals surface area (Å²) in [6, 6.07) is 0. The van der Waals surface area contributed by atoms with Gasteiger partial charge in [0, 0.05) is 19.7 Å². The molecule has 1 aliphatic rings. The molecular weight excluding hydrogens is 300 g/mol. The Hall–Kier alpha value is -1.07. The summed E-state index contributed by atoms with van der Waals surface area (Å²) in [5, 5.41) is 7.47. The van der Waals surface area contributed by atoms with Gasteiger partial charge in [-0.2, -0.15) is 5.10 Å². The molecule has 1 amide bonds. The number of nitrogens with two attached hydrogens (primary N) is 1. The number of anilines is 1. The first-order valence-electron chi connectivity index (χ1n) is 7.99. The predicted molar refractivity (Wildman–Crippen MR) is 92.4 cm³/mol. The highest BCUT2D eigenvalue weighted by atomic mass is 35.5. The summed E-state index contributed by atoms with van der Waals surface area (Å²) >= 11 is 0. The summed E-state index contributed by atoms with van der Waals surface area (Å²) in [7, 11) is 1.88. The van der Waals surface area contributed by atoms with Crippen LogP contribution < -0.4 is 11.1 Å². The second-order valence-corrected chi connectivity index (χ2v) is 6.75. The summed E-state index contributed by atoms with van der Waals surface area (Å²) in [6.07, 6.45) is 8.19. The zero-order valence-electron chi connectivity index (χ0n) is 13.9. The molecule has 1 fully saturated rings. The number of amides is 1. The quantitative estimate of drug-likeness (QED) is 0.871. The topological polar surface area (TPSA) is 72.9 Å². The van der Waals surface area contributed by atoms with E-state index in [0.29, 0.717) is 18.9 Å². The largest absolute Gasteiger partial charge is 0.330 e. The van der Waals surface area contributed by atoms with Crippen LogP contribution >= 0.6 is 12.4 Å². The number of carbonyl (C=O) groups is 1. The maximum Gasteiger partial charge on any atom is 0.225 e. The average Bonchev–Trinajstić information content (AvgIpc) is 2.80. The lowest BCUT2D eigenvalue weighted by Gasteiger charge is -2.35. The molecule has 0 saturated heterocycles. The number of halogens is 1. The molecule has 1 heterocycles. The molecule has 1 aromatic rings. The number of nitrogens with zero attached hydrogens (tertiary/aromatic N) is 2. The van der Waals surface area contributed by atoms with Crippen molar-refractivity contribution in [1.82, 2.24) is 9.78 Å². The minimum absolute atomic E-state index is 0. The van der Waals surface area contributed by atoms with Crippen LogP contribution in [0.4, 0.5) is 5.69 Å². The van der Waals surface area contributed by atoms with Gasteiger partial charge in [0.15, 0.2) is 0 Å². The lowest BCUT2D eigenvalue weighted by atomic mass is 9.71. The zero-order valence-corrected chi connectivity index (χ0v) is 14.7. The van der Waals surface area contributed by atoms with Gasteiger partial charge in [-0.1, -0.05) is 33.1 Å². The molecule has 6 heteroatoms. The van der Waals surface area contributed by atoms with Gasteiger partial charge >= 0.3 is 0 Å². The summed E-state index contributed by atoms with van der Waals surface area (Å²) < 4.78 is 1.75. The number of hydrogen-bond acceptors (Lipinski definition) is 3. The fourth-order valence-electron chi connectivity index (χ4n) is 3.32. The maximum atomic E-state index is 12.4. The highest BCUT2D eigenvalue weighted by Gasteiger charge is 2.33. The number of rotatable bonds is 5. The van der Waals surface area contributed by atoms with Crippen LogP contribution in [0.3, 0.4) is 0 Å². The molecule has 126 valence electrons. The van der Waals surface area contributed by atoms with Crippen LogP contribution in [0.15, 0.2) is 6.20 Å². The Morgan fingerprint density at radius 2 is 2.05 bits per heavy atom. The smallest absolute Gasteiger partial charge is 0.225 e.